The molecule has 0 N–H and O–H groups in total. The number of carbonyl (C=O) groups is 1. The fourth-order valence-electron chi connectivity index (χ4n) is 2.61. The summed E-state index contributed by atoms with van der Waals surface area (Å²) in [5.41, 5.74) is 3.18. The lowest BCUT2D eigenvalue weighted by Gasteiger charge is -2.26. The van der Waals surface area contributed by atoms with Crippen LogP contribution in [0.5, 0.6) is 0 Å². The van der Waals surface area contributed by atoms with Crippen LogP contribution in [-0.4, -0.2) is 30.3 Å². The molecule has 0 bridgehead atoms. The van der Waals surface area contributed by atoms with Gasteiger partial charge in [-0.05, 0) is 51.4 Å². The van der Waals surface area contributed by atoms with Crippen molar-refractivity contribution in [3.05, 3.63) is 34.9 Å². The van der Waals surface area contributed by atoms with Crippen molar-refractivity contribution in [2.75, 3.05) is 19.6 Å². The lowest BCUT2D eigenvalue weighted by Crippen LogP contribution is -2.31. The molecular formula is C16H23NO. The number of carbonyl (C=O) groups excluding carboxylic acids is 1. The van der Waals surface area contributed by atoms with Gasteiger partial charge >= 0.3 is 0 Å². The molecule has 1 aliphatic rings. The first-order valence-electron chi connectivity index (χ1n) is 6.99. The summed E-state index contributed by atoms with van der Waals surface area (Å²) < 4.78 is 0. The molecule has 0 saturated carbocycles. The van der Waals surface area contributed by atoms with Gasteiger partial charge in [0.25, 0.3) is 0 Å². The van der Waals surface area contributed by atoms with E-state index in [0.717, 1.165) is 17.7 Å². The summed E-state index contributed by atoms with van der Waals surface area (Å²) >= 11 is 0. The zero-order valence-corrected chi connectivity index (χ0v) is 11.5. The second-order valence-electron chi connectivity index (χ2n) is 5.39. The van der Waals surface area contributed by atoms with Gasteiger partial charge in [0, 0.05) is 18.5 Å². The lowest BCUT2D eigenvalue weighted by molar-refractivity contribution is 0.0958. The minimum Gasteiger partial charge on any atom is -0.303 e. The quantitative estimate of drug-likeness (QED) is 0.758. The highest BCUT2D eigenvalue weighted by molar-refractivity contribution is 5.97. The van der Waals surface area contributed by atoms with Crippen molar-refractivity contribution in [2.24, 2.45) is 0 Å². The van der Waals surface area contributed by atoms with E-state index in [1.54, 1.807) is 0 Å². The normalized spacial score (nSPS) is 16.8. The Balaban J connectivity index is 1.92. The van der Waals surface area contributed by atoms with Gasteiger partial charge in [0.1, 0.15) is 0 Å². The lowest BCUT2D eigenvalue weighted by atomic mass is 10.00. The average molecular weight is 245 g/mol. The van der Waals surface area contributed by atoms with Crippen LogP contribution >= 0.6 is 0 Å². The van der Waals surface area contributed by atoms with Crippen LogP contribution in [0, 0.1) is 13.8 Å². The summed E-state index contributed by atoms with van der Waals surface area (Å²) in [4.78, 5) is 14.7. The summed E-state index contributed by atoms with van der Waals surface area (Å²) in [6.45, 7) is 7.32. The number of ketones is 1. The minimum atomic E-state index is 0.293. The Morgan fingerprint density at radius 2 is 1.89 bits per heavy atom. The number of likely N-dealkylation sites (tertiary alicyclic amines) is 1. The standard InChI is InChI=1S/C16H23NO/c1-13-6-7-14(2)15(12-13)16(18)8-11-17-9-4-3-5-10-17/h6-7,12H,3-5,8-11H2,1-2H3. The van der Waals surface area contributed by atoms with E-state index in [1.807, 2.05) is 26.0 Å². The van der Waals surface area contributed by atoms with Gasteiger partial charge in [0.05, 0.1) is 0 Å². The maximum absolute atomic E-state index is 12.2. The van der Waals surface area contributed by atoms with Crippen molar-refractivity contribution in [1.29, 1.82) is 0 Å². The third-order valence-corrected chi connectivity index (χ3v) is 3.80. The second kappa shape index (κ2) is 6.14. The van der Waals surface area contributed by atoms with Crippen molar-refractivity contribution < 1.29 is 4.79 Å². The zero-order chi connectivity index (χ0) is 13.0. The van der Waals surface area contributed by atoms with Gasteiger partial charge < -0.3 is 4.90 Å². The molecule has 0 unspecified atom stereocenters. The van der Waals surface area contributed by atoms with Crippen molar-refractivity contribution >= 4 is 5.78 Å². The van der Waals surface area contributed by atoms with E-state index in [0.29, 0.717) is 12.2 Å². The number of piperidine rings is 1. The van der Waals surface area contributed by atoms with Crippen LogP contribution < -0.4 is 0 Å². The van der Waals surface area contributed by atoms with Gasteiger partial charge in [-0.25, -0.2) is 0 Å². The van der Waals surface area contributed by atoms with Crippen LogP contribution in [0.2, 0.25) is 0 Å². The molecule has 2 heteroatoms. The molecule has 1 fully saturated rings. The maximum Gasteiger partial charge on any atom is 0.164 e. The molecule has 0 amide bonds. The Morgan fingerprint density at radius 3 is 2.61 bits per heavy atom. The van der Waals surface area contributed by atoms with E-state index in [1.165, 1.54) is 37.9 Å². The highest BCUT2D eigenvalue weighted by Crippen LogP contribution is 2.14. The van der Waals surface area contributed by atoms with Crippen LogP contribution in [0.3, 0.4) is 0 Å². The van der Waals surface area contributed by atoms with E-state index in [4.69, 9.17) is 0 Å². The number of Topliss-reactive ketones (excluding diaryl/α,β-unsaturated/α-hetero) is 1. The molecule has 1 heterocycles. The summed E-state index contributed by atoms with van der Waals surface area (Å²) in [7, 11) is 0. The monoisotopic (exact) mass is 245 g/mol. The van der Waals surface area contributed by atoms with Gasteiger partial charge in [0.2, 0.25) is 0 Å². The fraction of sp³-hybridized carbons (Fsp3) is 0.562. The highest BCUT2D eigenvalue weighted by atomic mass is 16.1. The van der Waals surface area contributed by atoms with Crippen LogP contribution in [-0.2, 0) is 0 Å². The van der Waals surface area contributed by atoms with Gasteiger partial charge in [-0.1, -0.05) is 24.1 Å². The van der Waals surface area contributed by atoms with Crippen LogP contribution in [0.25, 0.3) is 0 Å². The Morgan fingerprint density at radius 1 is 1.17 bits per heavy atom. The number of hydrogen-bond acceptors (Lipinski definition) is 2. The van der Waals surface area contributed by atoms with Crippen LogP contribution in [0.4, 0.5) is 0 Å². The maximum atomic E-state index is 12.2. The molecule has 0 spiro atoms. The van der Waals surface area contributed by atoms with Crippen molar-refractivity contribution in [1.82, 2.24) is 4.90 Å². The van der Waals surface area contributed by atoms with Crippen molar-refractivity contribution in [3.8, 4) is 0 Å². The molecule has 0 radical (unpaired) electrons. The summed E-state index contributed by atoms with van der Waals surface area (Å²) in [6, 6.07) is 6.13. The van der Waals surface area contributed by atoms with Gasteiger partial charge in [0.15, 0.2) is 5.78 Å². The molecule has 2 rings (SSSR count). The Kier molecular flexibility index (Phi) is 4.54. The second-order valence-corrected chi connectivity index (χ2v) is 5.39. The van der Waals surface area contributed by atoms with E-state index in [-0.39, 0.29) is 0 Å². The van der Waals surface area contributed by atoms with Crippen molar-refractivity contribution in [3.63, 3.8) is 0 Å². The number of rotatable bonds is 4. The third-order valence-electron chi connectivity index (χ3n) is 3.80. The zero-order valence-electron chi connectivity index (χ0n) is 11.5. The molecular weight excluding hydrogens is 222 g/mol. The molecule has 1 aromatic rings. The molecule has 0 aromatic heterocycles. The first kappa shape index (κ1) is 13.3. The number of nitrogens with zero attached hydrogens (tertiary/aromatic N) is 1. The minimum absolute atomic E-state index is 0.293. The molecule has 0 aliphatic carbocycles. The van der Waals surface area contributed by atoms with Gasteiger partial charge in [-0.15, -0.1) is 0 Å². The van der Waals surface area contributed by atoms with Crippen molar-refractivity contribution in [2.45, 2.75) is 39.5 Å². The predicted octanol–water partition coefficient (Wildman–Crippen LogP) is 3.36. The number of benzene rings is 1. The van der Waals surface area contributed by atoms with Gasteiger partial charge in [-0.3, -0.25) is 4.79 Å². The average Bonchev–Trinajstić information content (AvgIpc) is 2.40. The molecule has 1 saturated heterocycles. The smallest absolute Gasteiger partial charge is 0.164 e. The highest BCUT2D eigenvalue weighted by Gasteiger charge is 2.14. The largest absolute Gasteiger partial charge is 0.303 e. The van der Waals surface area contributed by atoms with E-state index >= 15 is 0 Å². The van der Waals surface area contributed by atoms with E-state index in [2.05, 4.69) is 11.0 Å². The third kappa shape index (κ3) is 3.42. The first-order chi connectivity index (χ1) is 8.66. The van der Waals surface area contributed by atoms with E-state index in [9.17, 15) is 4.79 Å². The van der Waals surface area contributed by atoms with E-state index < -0.39 is 0 Å². The summed E-state index contributed by atoms with van der Waals surface area (Å²) in [6.07, 6.45) is 4.58. The van der Waals surface area contributed by atoms with Gasteiger partial charge in [-0.2, -0.15) is 0 Å². The molecule has 0 atom stereocenters. The predicted molar refractivity (Wildman–Crippen MR) is 75.2 cm³/mol. The summed E-state index contributed by atoms with van der Waals surface area (Å²) in [5, 5.41) is 0. The Bertz CT molecular complexity index is 419. The first-order valence-corrected chi connectivity index (χ1v) is 6.99. The molecule has 2 nitrogen and oxygen atoms in total. The van der Waals surface area contributed by atoms with Crippen LogP contribution in [0.15, 0.2) is 18.2 Å². The topological polar surface area (TPSA) is 20.3 Å². The SMILES string of the molecule is Cc1ccc(C)c(C(=O)CCN2CCCCC2)c1. The fourth-order valence-corrected chi connectivity index (χ4v) is 2.61. The summed E-state index contributed by atoms with van der Waals surface area (Å²) in [5.74, 6) is 0.293. The molecule has 1 aliphatic heterocycles. The molecule has 1 aromatic carbocycles. The molecule has 18 heavy (non-hydrogen) atoms. The number of aryl methyl sites for hydroxylation is 2. The Hall–Kier alpha value is -1.15. The van der Waals surface area contributed by atoms with Crippen LogP contribution in [0.1, 0.15) is 47.2 Å². The molecule has 98 valence electrons. The number of hydrogen-bond donors (Lipinski definition) is 0. The Labute approximate surface area is 110 Å².